The van der Waals surface area contributed by atoms with E-state index >= 15 is 0 Å². The monoisotopic (exact) mass is 212 g/mol. The molecule has 2 aromatic heterocycles. The van der Waals surface area contributed by atoms with Gasteiger partial charge in [-0.05, 0) is 31.2 Å². The molecule has 80 valence electrons. The second-order valence-corrected chi connectivity index (χ2v) is 3.40. The minimum atomic E-state index is 0.166. The van der Waals surface area contributed by atoms with Crippen molar-refractivity contribution in [3.8, 4) is 0 Å². The second-order valence-electron chi connectivity index (χ2n) is 3.40. The van der Waals surface area contributed by atoms with Crippen LogP contribution in [0.5, 0.6) is 0 Å². The molecule has 0 aliphatic heterocycles. The lowest BCUT2D eigenvalue weighted by molar-refractivity contribution is 0.510. The molecule has 0 aliphatic rings. The molecule has 0 unspecified atom stereocenters. The molecule has 0 saturated heterocycles. The summed E-state index contributed by atoms with van der Waals surface area (Å²) in [6.45, 7) is 1.83. The highest BCUT2D eigenvalue weighted by molar-refractivity contribution is 5.83. The van der Waals surface area contributed by atoms with E-state index in [9.17, 15) is 5.11 Å². The Morgan fingerprint density at radius 2 is 1.50 bits per heavy atom. The van der Waals surface area contributed by atoms with Gasteiger partial charge in [0.2, 0.25) is 0 Å². The molecular formula is C13H12N2O. The molecule has 0 spiro atoms. The Kier molecular flexibility index (Phi) is 2.96. The van der Waals surface area contributed by atoms with Gasteiger partial charge in [-0.1, -0.05) is 12.1 Å². The number of hydrogen-bond acceptors (Lipinski definition) is 3. The van der Waals surface area contributed by atoms with E-state index in [-0.39, 0.29) is 5.76 Å². The van der Waals surface area contributed by atoms with E-state index in [0.29, 0.717) is 5.69 Å². The van der Waals surface area contributed by atoms with E-state index in [1.807, 2.05) is 37.3 Å². The summed E-state index contributed by atoms with van der Waals surface area (Å²) in [5.41, 5.74) is 2.04. The minimum absolute atomic E-state index is 0.166. The van der Waals surface area contributed by atoms with Gasteiger partial charge >= 0.3 is 0 Å². The maximum Gasteiger partial charge on any atom is 0.146 e. The number of allylic oxidation sites excluding steroid dienone is 1. The van der Waals surface area contributed by atoms with Gasteiger partial charge < -0.3 is 5.11 Å². The molecule has 0 bridgehead atoms. The maximum atomic E-state index is 10.0. The Labute approximate surface area is 94.1 Å². The molecule has 0 radical (unpaired) electrons. The zero-order valence-corrected chi connectivity index (χ0v) is 8.96. The summed E-state index contributed by atoms with van der Waals surface area (Å²) in [4.78, 5) is 8.27. The first-order chi connectivity index (χ1) is 7.79. The van der Waals surface area contributed by atoms with E-state index in [1.165, 1.54) is 0 Å². The first kappa shape index (κ1) is 10.4. The molecular weight excluding hydrogens is 200 g/mol. The average molecular weight is 212 g/mol. The van der Waals surface area contributed by atoms with Crippen LogP contribution in [0.15, 0.2) is 48.8 Å². The van der Waals surface area contributed by atoms with E-state index < -0.39 is 0 Å². The molecule has 0 saturated carbocycles. The number of aromatic nitrogens is 2. The Morgan fingerprint density at radius 1 is 0.938 bits per heavy atom. The Bertz CT molecular complexity index is 444. The van der Waals surface area contributed by atoms with E-state index in [2.05, 4.69) is 9.97 Å². The van der Waals surface area contributed by atoms with Crippen molar-refractivity contribution in [3.63, 3.8) is 0 Å². The van der Waals surface area contributed by atoms with Crippen molar-refractivity contribution in [2.45, 2.75) is 6.92 Å². The molecule has 16 heavy (non-hydrogen) atoms. The van der Waals surface area contributed by atoms with Crippen LogP contribution >= 0.6 is 0 Å². The van der Waals surface area contributed by atoms with E-state index in [4.69, 9.17) is 0 Å². The van der Waals surface area contributed by atoms with Crippen LogP contribution in [-0.2, 0) is 0 Å². The molecule has 2 heterocycles. The topological polar surface area (TPSA) is 46.0 Å². The highest BCUT2D eigenvalue weighted by atomic mass is 16.3. The largest absolute Gasteiger partial charge is 0.505 e. The summed E-state index contributed by atoms with van der Waals surface area (Å²) in [5, 5.41) is 10.0. The van der Waals surface area contributed by atoms with Crippen LogP contribution in [0.4, 0.5) is 0 Å². The van der Waals surface area contributed by atoms with E-state index in [1.54, 1.807) is 18.5 Å². The molecule has 0 aliphatic carbocycles. The van der Waals surface area contributed by atoms with Crippen molar-refractivity contribution in [1.82, 2.24) is 9.97 Å². The summed E-state index contributed by atoms with van der Waals surface area (Å²) in [5.74, 6) is 0.166. The number of aliphatic hydroxyl groups excluding tert-OH is 1. The first-order valence-electron chi connectivity index (χ1n) is 5.01. The van der Waals surface area contributed by atoms with Gasteiger partial charge in [0.15, 0.2) is 0 Å². The Morgan fingerprint density at radius 3 is 2.00 bits per heavy atom. The Balaban J connectivity index is 2.43. The van der Waals surface area contributed by atoms with Gasteiger partial charge in [0.05, 0.1) is 5.69 Å². The van der Waals surface area contributed by atoms with Crippen LogP contribution in [0, 0.1) is 0 Å². The SMILES string of the molecule is C/C(=C(/O)c1ccccn1)c1ccccn1. The van der Waals surface area contributed by atoms with Gasteiger partial charge in [-0.15, -0.1) is 0 Å². The van der Waals surface area contributed by atoms with Crippen molar-refractivity contribution >= 4 is 11.3 Å². The number of rotatable bonds is 2. The third kappa shape index (κ3) is 2.08. The summed E-state index contributed by atoms with van der Waals surface area (Å²) in [7, 11) is 0. The molecule has 3 heteroatoms. The van der Waals surface area contributed by atoms with Crippen molar-refractivity contribution in [1.29, 1.82) is 0 Å². The van der Waals surface area contributed by atoms with Crippen molar-refractivity contribution in [3.05, 3.63) is 60.2 Å². The summed E-state index contributed by atoms with van der Waals surface area (Å²) >= 11 is 0. The molecule has 3 nitrogen and oxygen atoms in total. The number of nitrogens with zero attached hydrogens (tertiary/aromatic N) is 2. The van der Waals surface area contributed by atoms with Crippen molar-refractivity contribution in [2.24, 2.45) is 0 Å². The fraction of sp³-hybridized carbons (Fsp3) is 0.0769. The van der Waals surface area contributed by atoms with Gasteiger partial charge in [-0.2, -0.15) is 0 Å². The molecule has 0 aromatic carbocycles. The third-order valence-electron chi connectivity index (χ3n) is 2.31. The zero-order chi connectivity index (χ0) is 11.4. The Hall–Kier alpha value is -2.16. The van der Waals surface area contributed by atoms with Crippen LogP contribution < -0.4 is 0 Å². The average Bonchev–Trinajstić information content (AvgIpc) is 2.39. The summed E-state index contributed by atoms with van der Waals surface area (Å²) in [6.07, 6.45) is 3.35. The lowest BCUT2D eigenvalue weighted by Gasteiger charge is -2.04. The van der Waals surface area contributed by atoms with Crippen LogP contribution in [0.25, 0.3) is 11.3 Å². The summed E-state index contributed by atoms with van der Waals surface area (Å²) < 4.78 is 0. The maximum absolute atomic E-state index is 10.0. The molecule has 2 aromatic rings. The van der Waals surface area contributed by atoms with Crippen molar-refractivity contribution in [2.75, 3.05) is 0 Å². The fourth-order valence-corrected chi connectivity index (χ4v) is 1.40. The summed E-state index contributed by atoms with van der Waals surface area (Å²) in [6, 6.07) is 11.0. The number of pyridine rings is 2. The van der Waals surface area contributed by atoms with Gasteiger partial charge in [0, 0.05) is 18.0 Å². The third-order valence-corrected chi connectivity index (χ3v) is 2.31. The van der Waals surface area contributed by atoms with Crippen LogP contribution in [0.3, 0.4) is 0 Å². The minimum Gasteiger partial charge on any atom is -0.505 e. The normalized spacial score (nSPS) is 12.1. The lowest BCUT2D eigenvalue weighted by atomic mass is 10.1. The van der Waals surface area contributed by atoms with E-state index in [0.717, 1.165) is 11.3 Å². The van der Waals surface area contributed by atoms with Gasteiger partial charge in [-0.3, -0.25) is 9.97 Å². The molecule has 1 N–H and O–H groups in total. The van der Waals surface area contributed by atoms with Crippen LogP contribution in [-0.4, -0.2) is 15.1 Å². The van der Waals surface area contributed by atoms with Gasteiger partial charge in [-0.25, -0.2) is 0 Å². The van der Waals surface area contributed by atoms with Crippen molar-refractivity contribution < 1.29 is 5.11 Å². The van der Waals surface area contributed by atoms with Crippen LogP contribution in [0.2, 0.25) is 0 Å². The second kappa shape index (κ2) is 4.57. The molecule has 0 fully saturated rings. The van der Waals surface area contributed by atoms with Gasteiger partial charge in [0.25, 0.3) is 0 Å². The molecule has 0 amide bonds. The standard InChI is InChI=1S/C13H12N2O/c1-10(11-6-2-4-8-14-11)13(16)12-7-3-5-9-15-12/h2-9,16H,1H3/b13-10-. The predicted octanol–water partition coefficient (Wildman–Crippen LogP) is 2.92. The first-order valence-corrected chi connectivity index (χ1v) is 5.01. The molecule has 2 rings (SSSR count). The van der Waals surface area contributed by atoms with Gasteiger partial charge in [0.1, 0.15) is 11.5 Å². The number of aliphatic hydroxyl groups is 1. The van der Waals surface area contributed by atoms with Crippen LogP contribution in [0.1, 0.15) is 18.3 Å². The number of hydrogen-bond donors (Lipinski definition) is 1. The fourth-order valence-electron chi connectivity index (χ4n) is 1.40. The predicted molar refractivity (Wildman–Crippen MR) is 63.6 cm³/mol. The lowest BCUT2D eigenvalue weighted by Crippen LogP contribution is -1.93. The quantitative estimate of drug-likeness (QED) is 0.778. The smallest absolute Gasteiger partial charge is 0.146 e. The highest BCUT2D eigenvalue weighted by Crippen LogP contribution is 2.20. The molecule has 0 atom stereocenters. The highest BCUT2D eigenvalue weighted by Gasteiger charge is 2.07. The zero-order valence-electron chi connectivity index (χ0n) is 8.96.